The molecular weight excluding hydrogens is 250 g/mol. The summed E-state index contributed by atoms with van der Waals surface area (Å²) in [5, 5.41) is 5.65. The van der Waals surface area contributed by atoms with Crippen LogP contribution < -0.4 is 10.5 Å². The van der Waals surface area contributed by atoms with Crippen LogP contribution in [-0.4, -0.2) is 9.78 Å². The van der Waals surface area contributed by atoms with Gasteiger partial charge in [-0.15, -0.1) is 0 Å². The number of fused-ring (bicyclic) bond motifs is 1. The first-order chi connectivity index (χ1) is 9.65. The molecule has 0 saturated heterocycles. The van der Waals surface area contributed by atoms with Crippen LogP contribution in [0.3, 0.4) is 0 Å². The Morgan fingerprint density at radius 1 is 1.20 bits per heavy atom. The monoisotopic (exact) mass is 267 g/mol. The Kier molecular flexibility index (Phi) is 3.06. The number of benzene rings is 2. The fourth-order valence-electron chi connectivity index (χ4n) is 2.38. The van der Waals surface area contributed by atoms with Crippen molar-refractivity contribution in [2.75, 3.05) is 5.73 Å². The summed E-state index contributed by atoms with van der Waals surface area (Å²) in [6.07, 6.45) is 0. The third-order valence-electron chi connectivity index (χ3n) is 3.40. The average Bonchev–Trinajstić information content (AvgIpc) is 2.75. The molecule has 4 heteroatoms. The van der Waals surface area contributed by atoms with Gasteiger partial charge in [-0.05, 0) is 36.8 Å². The highest BCUT2D eigenvalue weighted by molar-refractivity contribution is 5.81. The lowest BCUT2D eigenvalue weighted by molar-refractivity contribution is 0.299. The molecule has 1 aromatic heterocycles. The smallest absolute Gasteiger partial charge is 0.133 e. The van der Waals surface area contributed by atoms with E-state index in [-0.39, 0.29) is 0 Å². The number of ether oxygens (including phenoxy) is 1. The molecule has 0 aliphatic rings. The van der Waals surface area contributed by atoms with E-state index in [1.165, 1.54) is 0 Å². The molecule has 1 heterocycles. The van der Waals surface area contributed by atoms with Crippen LogP contribution in [0, 0.1) is 6.92 Å². The van der Waals surface area contributed by atoms with Gasteiger partial charge in [0.15, 0.2) is 0 Å². The quantitative estimate of drug-likeness (QED) is 0.742. The molecule has 0 bridgehead atoms. The van der Waals surface area contributed by atoms with E-state index in [0.717, 1.165) is 33.6 Å². The van der Waals surface area contributed by atoms with Crippen molar-refractivity contribution in [1.29, 1.82) is 0 Å². The van der Waals surface area contributed by atoms with Crippen molar-refractivity contribution in [2.24, 2.45) is 7.05 Å². The molecule has 0 fully saturated rings. The van der Waals surface area contributed by atoms with Gasteiger partial charge < -0.3 is 10.5 Å². The molecule has 2 N–H and O–H groups in total. The van der Waals surface area contributed by atoms with Gasteiger partial charge in [0.2, 0.25) is 0 Å². The molecule has 2 aromatic carbocycles. The molecule has 0 saturated carbocycles. The second-order valence-corrected chi connectivity index (χ2v) is 4.90. The Bertz CT molecular complexity index is 762. The molecule has 3 rings (SSSR count). The molecule has 0 spiro atoms. The van der Waals surface area contributed by atoms with Crippen molar-refractivity contribution in [3.05, 3.63) is 53.7 Å². The third-order valence-corrected chi connectivity index (χ3v) is 3.40. The Balaban J connectivity index is 1.87. The number of hydrogen-bond acceptors (Lipinski definition) is 3. The molecular formula is C16H17N3O. The summed E-state index contributed by atoms with van der Waals surface area (Å²) in [7, 11) is 1.94. The highest BCUT2D eigenvalue weighted by Crippen LogP contribution is 2.23. The Labute approximate surface area is 117 Å². The van der Waals surface area contributed by atoms with E-state index < -0.39 is 0 Å². The maximum atomic E-state index is 5.87. The third kappa shape index (κ3) is 2.20. The van der Waals surface area contributed by atoms with Crippen LogP contribution in [0.4, 0.5) is 5.69 Å². The second kappa shape index (κ2) is 4.89. The van der Waals surface area contributed by atoms with Crippen molar-refractivity contribution in [2.45, 2.75) is 13.5 Å². The van der Waals surface area contributed by atoms with E-state index in [2.05, 4.69) is 17.2 Å². The van der Waals surface area contributed by atoms with Crippen LogP contribution in [0.15, 0.2) is 42.5 Å². The molecule has 20 heavy (non-hydrogen) atoms. The van der Waals surface area contributed by atoms with Gasteiger partial charge in [-0.25, -0.2) is 0 Å². The lowest BCUT2D eigenvalue weighted by atomic mass is 10.2. The van der Waals surface area contributed by atoms with Gasteiger partial charge in [0.1, 0.15) is 18.1 Å². The molecule has 0 unspecified atom stereocenters. The van der Waals surface area contributed by atoms with Crippen LogP contribution in [0.25, 0.3) is 10.9 Å². The van der Waals surface area contributed by atoms with Crippen LogP contribution in [-0.2, 0) is 13.7 Å². The van der Waals surface area contributed by atoms with Crippen LogP contribution >= 0.6 is 0 Å². The molecule has 0 aliphatic heterocycles. The second-order valence-electron chi connectivity index (χ2n) is 4.90. The summed E-state index contributed by atoms with van der Waals surface area (Å²) >= 11 is 0. The number of nitrogens with two attached hydrogens (primary N) is 1. The van der Waals surface area contributed by atoms with Gasteiger partial charge in [0, 0.05) is 18.1 Å². The molecule has 0 aliphatic carbocycles. The highest BCUT2D eigenvalue weighted by atomic mass is 16.5. The summed E-state index contributed by atoms with van der Waals surface area (Å²) in [4.78, 5) is 0. The number of anilines is 1. The fraction of sp³-hybridized carbons (Fsp3) is 0.188. The first kappa shape index (κ1) is 12.5. The van der Waals surface area contributed by atoms with Gasteiger partial charge in [0.25, 0.3) is 0 Å². The zero-order valence-electron chi connectivity index (χ0n) is 11.6. The predicted molar refractivity (Wildman–Crippen MR) is 80.6 cm³/mol. The maximum Gasteiger partial charge on any atom is 0.133 e. The zero-order valence-corrected chi connectivity index (χ0v) is 11.6. The van der Waals surface area contributed by atoms with E-state index in [4.69, 9.17) is 10.5 Å². The molecule has 102 valence electrons. The van der Waals surface area contributed by atoms with Gasteiger partial charge >= 0.3 is 0 Å². The SMILES string of the molecule is Cc1cc(N)ccc1OCc1nn(C)c2ccccc12. The van der Waals surface area contributed by atoms with Crippen LogP contribution in [0.1, 0.15) is 11.3 Å². The number of nitrogen functional groups attached to an aromatic ring is 1. The first-order valence-corrected chi connectivity index (χ1v) is 6.54. The van der Waals surface area contributed by atoms with E-state index >= 15 is 0 Å². The minimum Gasteiger partial charge on any atom is -0.487 e. The highest BCUT2D eigenvalue weighted by Gasteiger charge is 2.09. The summed E-state index contributed by atoms with van der Waals surface area (Å²) in [5.74, 6) is 0.842. The Morgan fingerprint density at radius 2 is 2.00 bits per heavy atom. The number of aromatic nitrogens is 2. The molecule has 3 aromatic rings. The minimum absolute atomic E-state index is 0.451. The summed E-state index contributed by atoms with van der Waals surface area (Å²) < 4.78 is 7.75. The topological polar surface area (TPSA) is 53.1 Å². The maximum absolute atomic E-state index is 5.87. The minimum atomic E-state index is 0.451. The summed E-state index contributed by atoms with van der Waals surface area (Å²) in [5.41, 5.74) is 9.58. The van der Waals surface area contributed by atoms with Gasteiger partial charge in [-0.3, -0.25) is 4.68 Å². The molecule has 0 radical (unpaired) electrons. The van der Waals surface area contributed by atoms with E-state index in [9.17, 15) is 0 Å². The fourth-order valence-corrected chi connectivity index (χ4v) is 2.38. The summed E-state index contributed by atoms with van der Waals surface area (Å²) in [6.45, 7) is 2.44. The van der Waals surface area contributed by atoms with Gasteiger partial charge in [-0.2, -0.15) is 5.10 Å². The van der Waals surface area contributed by atoms with Crippen LogP contribution in [0.2, 0.25) is 0 Å². The average molecular weight is 267 g/mol. The zero-order chi connectivity index (χ0) is 14.1. The van der Waals surface area contributed by atoms with E-state index in [1.54, 1.807) is 0 Å². The van der Waals surface area contributed by atoms with Crippen molar-refractivity contribution < 1.29 is 4.74 Å². The van der Waals surface area contributed by atoms with Crippen molar-refractivity contribution in [3.8, 4) is 5.75 Å². The normalized spacial score (nSPS) is 10.9. The Morgan fingerprint density at radius 3 is 2.80 bits per heavy atom. The number of para-hydroxylation sites is 1. The molecule has 4 nitrogen and oxygen atoms in total. The lowest BCUT2D eigenvalue weighted by Gasteiger charge is -2.08. The van der Waals surface area contributed by atoms with Crippen molar-refractivity contribution in [1.82, 2.24) is 9.78 Å². The lowest BCUT2D eigenvalue weighted by Crippen LogP contribution is -2.00. The molecule has 0 amide bonds. The first-order valence-electron chi connectivity index (χ1n) is 6.54. The van der Waals surface area contributed by atoms with Gasteiger partial charge in [-0.1, -0.05) is 18.2 Å². The standard InChI is InChI=1S/C16H17N3O/c1-11-9-12(17)7-8-16(11)20-10-14-13-5-3-4-6-15(13)19(2)18-14/h3-9H,10,17H2,1-2H3. The van der Waals surface area contributed by atoms with Gasteiger partial charge in [0.05, 0.1) is 5.52 Å². The number of hydrogen-bond donors (Lipinski definition) is 1. The molecule has 0 atom stereocenters. The number of nitrogens with zero attached hydrogens (tertiary/aromatic N) is 2. The number of rotatable bonds is 3. The predicted octanol–water partition coefficient (Wildman–Crippen LogP) is 3.04. The number of aryl methyl sites for hydroxylation is 2. The van der Waals surface area contributed by atoms with Crippen molar-refractivity contribution in [3.63, 3.8) is 0 Å². The largest absolute Gasteiger partial charge is 0.487 e. The Hall–Kier alpha value is -2.49. The summed E-state index contributed by atoms with van der Waals surface area (Å²) in [6, 6.07) is 13.8. The van der Waals surface area contributed by atoms with Crippen molar-refractivity contribution >= 4 is 16.6 Å². The van der Waals surface area contributed by atoms with Crippen LogP contribution in [0.5, 0.6) is 5.75 Å². The van der Waals surface area contributed by atoms with E-state index in [0.29, 0.717) is 6.61 Å². The van der Waals surface area contributed by atoms with E-state index in [1.807, 2.05) is 49.0 Å².